The number of nitrogens with one attached hydrogen (secondary N) is 1. The maximum Gasteiger partial charge on any atom is 0.433 e. The van der Waals surface area contributed by atoms with Crippen molar-refractivity contribution in [1.29, 1.82) is 0 Å². The summed E-state index contributed by atoms with van der Waals surface area (Å²) in [6.45, 7) is 3.53. The molecule has 2 aromatic heterocycles. The van der Waals surface area contributed by atoms with Gasteiger partial charge in [-0.05, 0) is 19.1 Å². The summed E-state index contributed by atoms with van der Waals surface area (Å²) < 4.78 is 40.4. The van der Waals surface area contributed by atoms with Crippen LogP contribution < -0.4 is 5.32 Å². The number of rotatable bonds is 5. The van der Waals surface area contributed by atoms with E-state index in [1.165, 1.54) is 7.05 Å². The van der Waals surface area contributed by atoms with Crippen LogP contribution in [0.25, 0.3) is 0 Å². The van der Waals surface area contributed by atoms with Gasteiger partial charge in [0.1, 0.15) is 5.69 Å². The van der Waals surface area contributed by atoms with Gasteiger partial charge >= 0.3 is 6.18 Å². The summed E-state index contributed by atoms with van der Waals surface area (Å²) in [4.78, 5) is 0. The van der Waals surface area contributed by atoms with Crippen LogP contribution in [0.15, 0.2) is 18.3 Å². The molecule has 0 aliphatic rings. The van der Waals surface area contributed by atoms with Crippen molar-refractivity contribution in [3.63, 3.8) is 0 Å². The van der Waals surface area contributed by atoms with Crippen LogP contribution in [0.5, 0.6) is 0 Å². The van der Waals surface area contributed by atoms with Gasteiger partial charge < -0.3 is 5.32 Å². The van der Waals surface area contributed by atoms with Gasteiger partial charge in [-0.2, -0.15) is 23.4 Å². The Morgan fingerprint density at radius 1 is 1.20 bits per heavy atom. The van der Waals surface area contributed by atoms with Crippen molar-refractivity contribution in [1.82, 2.24) is 24.9 Å². The molecule has 0 saturated carbocycles. The molecule has 5 nitrogen and oxygen atoms in total. The van der Waals surface area contributed by atoms with Gasteiger partial charge in [0.05, 0.1) is 11.4 Å². The minimum atomic E-state index is -4.38. The van der Waals surface area contributed by atoms with Crippen LogP contribution in [-0.4, -0.2) is 19.6 Å². The van der Waals surface area contributed by atoms with Crippen molar-refractivity contribution in [3.05, 3.63) is 35.4 Å². The van der Waals surface area contributed by atoms with Crippen LogP contribution in [0.4, 0.5) is 13.2 Å². The molecule has 0 atom stereocenters. The van der Waals surface area contributed by atoms with Crippen molar-refractivity contribution in [2.24, 2.45) is 7.05 Å². The molecule has 2 heterocycles. The SMILES string of the molecule is CCn1ccc(CNCc2cc(C(F)(F)F)n(C)n2)n1. The molecule has 0 aliphatic carbocycles. The van der Waals surface area contributed by atoms with Gasteiger partial charge in [-0.1, -0.05) is 0 Å². The summed E-state index contributed by atoms with van der Waals surface area (Å²) in [7, 11) is 1.29. The number of aryl methyl sites for hydroxylation is 2. The summed E-state index contributed by atoms with van der Waals surface area (Å²) in [5.41, 5.74) is 0.457. The summed E-state index contributed by atoms with van der Waals surface area (Å²) >= 11 is 0. The van der Waals surface area contributed by atoms with Gasteiger partial charge in [0.25, 0.3) is 0 Å². The highest BCUT2D eigenvalue weighted by Gasteiger charge is 2.34. The molecular formula is C12H16F3N5. The quantitative estimate of drug-likeness (QED) is 0.914. The normalized spacial score (nSPS) is 12.1. The molecule has 0 saturated heterocycles. The van der Waals surface area contributed by atoms with Gasteiger partial charge in [-0.25, -0.2) is 0 Å². The average Bonchev–Trinajstić information content (AvgIpc) is 2.95. The number of halogens is 3. The first kappa shape index (κ1) is 14.6. The molecule has 2 aromatic rings. The van der Waals surface area contributed by atoms with E-state index < -0.39 is 11.9 Å². The molecule has 2 rings (SSSR count). The minimum Gasteiger partial charge on any atom is -0.305 e. The smallest absolute Gasteiger partial charge is 0.305 e. The lowest BCUT2D eigenvalue weighted by molar-refractivity contribution is -0.143. The Hall–Kier alpha value is -1.83. The molecule has 8 heteroatoms. The van der Waals surface area contributed by atoms with Crippen LogP contribution in [0.1, 0.15) is 24.0 Å². The van der Waals surface area contributed by atoms with Crippen LogP contribution in [0.2, 0.25) is 0 Å². The third kappa shape index (κ3) is 3.38. The highest BCUT2D eigenvalue weighted by molar-refractivity contribution is 5.13. The zero-order valence-electron chi connectivity index (χ0n) is 11.3. The highest BCUT2D eigenvalue weighted by Crippen LogP contribution is 2.29. The highest BCUT2D eigenvalue weighted by atomic mass is 19.4. The molecule has 0 amide bonds. The molecule has 110 valence electrons. The van der Waals surface area contributed by atoms with E-state index >= 15 is 0 Å². The van der Waals surface area contributed by atoms with Gasteiger partial charge in [-0.3, -0.25) is 9.36 Å². The van der Waals surface area contributed by atoms with E-state index in [4.69, 9.17) is 0 Å². The molecule has 20 heavy (non-hydrogen) atoms. The largest absolute Gasteiger partial charge is 0.433 e. The lowest BCUT2D eigenvalue weighted by Gasteiger charge is -2.04. The van der Waals surface area contributed by atoms with E-state index in [0.717, 1.165) is 23.0 Å². The molecule has 0 radical (unpaired) electrons. The summed E-state index contributed by atoms with van der Waals surface area (Å²) in [6.07, 6.45) is -2.51. The van der Waals surface area contributed by atoms with Crippen molar-refractivity contribution in [2.75, 3.05) is 0 Å². The minimum absolute atomic E-state index is 0.267. The molecule has 0 spiro atoms. The molecular weight excluding hydrogens is 271 g/mol. The number of aromatic nitrogens is 4. The first-order valence-electron chi connectivity index (χ1n) is 6.23. The number of alkyl halides is 3. The fourth-order valence-electron chi connectivity index (χ4n) is 1.87. The first-order chi connectivity index (χ1) is 9.40. The monoisotopic (exact) mass is 287 g/mol. The fraction of sp³-hybridized carbons (Fsp3) is 0.500. The van der Waals surface area contributed by atoms with E-state index in [2.05, 4.69) is 15.5 Å². The summed E-state index contributed by atoms with van der Waals surface area (Å²) in [5, 5.41) is 11.1. The predicted molar refractivity (Wildman–Crippen MR) is 66.7 cm³/mol. The Balaban J connectivity index is 1.91. The number of hydrogen-bond donors (Lipinski definition) is 1. The Bertz CT molecular complexity index is 570. The topological polar surface area (TPSA) is 47.7 Å². The van der Waals surface area contributed by atoms with E-state index in [1.807, 2.05) is 19.2 Å². The fourth-order valence-corrected chi connectivity index (χ4v) is 1.87. The summed E-state index contributed by atoms with van der Waals surface area (Å²) in [6, 6.07) is 2.92. The predicted octanol–water partition coefficient (Wildman–Crippen LogP) is 1.95. The molecule has 0 unspecified atom stereocenters. The van der Waals surface area contributed by atoms with Crippen LogP contribution in [-0.2, 0) is 32.9 Å². The Kier molecular flexibility index (Phi) is 4.12. The lowest BCUT2D eigenvalue weighted by atomic mass is 10.3. The van der Waals surface area contributed by atoms with Crippen molar-refractivity contribution in [2.45, 2.75) is 32.7 Å². The van der Waals surface area contributed by atoms with Gasteiger partial charge in [0.2, 0.25) is 0 Å². The maximum atomic E-state index is 12.6. The van der Waals surface area contributed by atoms with Gasteiger partial charge in [0.15, 0.2) is 0 Å². The average molecular weight is 287 g/mol. The maximum absolute atomic E-state index is 12.6. The third-order valence-corrected chi connectivity index (χ3v) is 2.85. The van der Waals surface area contributed by atoms with Crippen LogP contribution in [0.3, 0.4) is 0 Å². The number of nitrogens with zero attached hydrogens (tertiary/aromatic N) is 4. The lowest BCUT2D eigenvalue weighted by Crippen LogP contribution is -2.14. The second-order valence-corrected chi connectivity index (χ2v) is 4.41. The summed E-state index contributed by atoms with van der Waals surface area (Å²) in [5.74, 6) is 0. The molecule has 0 aromatic carbocycles. The van der Waals surface area contributed by atoms with Crippen LogP contribution >= 0.6 is 0 Å². The third-order valence-electron chi connectivity index (χ3n) is 2.85. The Labute approximate surface area is 114 Å². The molecule has 1 N–H and O–H groups in total. The molecule has 0 aliphatic heterocycles. The van der Waals surface area contributed by atoms with E-state index in [1.54, 1.807) is 4.68 Å². The second-order valence-electron chi connectivity index (χ2n) is 4.41. The molecule has 0 bridgehead atoms. The molecule has 0 fully saturated rings. The second kappa shape index (κ2) is 5.66. The van der Waals surface area contributed by atoms with E-state index in [-0.39, 0.29) is 6.54 Å². The van der Waals surface area contributed by atoms with Crippen molar-refractivity contribution in [3.8, 4) is 0 Å². The van der Waals surface area contributed by atoms with Gasteiger partial charge in [-0.15, -0.1) is 0 Å². The Morgan fingerprint density at radius 2 is 1.90 bits per heavy atom. The van der Waals surface area contributed by atoms with Crippen molar-refractivity contribution >= 4 is 0 Å². The standard InChI is InChI=1S/C12H16F3N5/c1-3-20-5-4-9(18-20)7-16-8-10-6-11(12(13,14)15)19(2)17-10/h4-6,16H,3,7-8H2,1-2H3. The van der Waals surface area contributed by atoms with E-state index in [0.29, 0.717) is 12.2 Å². The van der Waals surface area contributed by atoms with Crippen molar-refractivity contribution < 1.29 is 13.2 Å². The Morgan fingerprint density at radius 3 is 2.45 bits per heavy atom. The zero-order valence-corrected chi connectivity index (χ0v) is 11.3. The number of hydrogen-bond acceptors (Lipinski definition) is 3. The van der Waals surface area contributed by atoms with Crippen LogP contribution in [0, 0.1) is 0 Å². The zero-order chi connectivity index (χ0) is 14.8. The van der Waals surface area contributed by atoms with Gasteiger partial charge in [0, 0.05) is 32.9 Å². The van der Waals surface area contributed by atoms with E-state index in [9.17, 15) is 13.2 Å². The first-order valence-corrected chi connectivity index (χ1v) is 6.23.